The van der Waals surface area contributed by atoms with Crippen LogP contribution < -0.4 is 5.56 Å². The molecule has 0 aliphatic rings. The monoisotopic (exact) mass is 348 g/mol. The lowest BCUT2D eigenvalue weighted by Crippen LogP contribution is -2.25. The van der Waals surface area contributed by atoms with Crippen molar-refractivity contribution in [2.45, 2.75) is 6.54 Å². The van der Waals surface area contributed by atoms with E-state index in [9.17, 15) is 9.59 Å². The van der Waals surface area contributed by atoms with Crippen molar-refractivity contribution < 1.29 is 4.79 Å². The minimum Gasteiger partial charge on any atom is -0.337 e. The van der Waals surface area contributed by atoms with Crippen molar-refractivity contribution in [3.05, 3.63) is 81.5 Å². The fourth-order valence-corrected chi connectivity index (χ4v) is 4.15. The van der Waals surface area contributed by atoms with E-state index < -0.39 is 0 Å². The van der Waals surface area contributed by atoms with Crippen LogP contribution in [-0.4, -0.2) is 22.8 Å². The van der Waals surface area contributed by atoms with E-state index in [-0.39, 0.29) is 11.5 Å². The first-order valence-electron chi connectivity index (χ1n) is 7.97. The highest BCUT2D eigenvalue weighted by atomic mass is 32.1. The number of nitrogens with one attached hydrogen (secondary N) is 1. The molecule has 0 unspecified atom stereocenters. The van der Waals surface area contributed by atoms with Gasteiger partial charge in [0.2, 0.25) is 0 Å². The molecular weight excluding hydrogens is 332 g/mol. The molecule has 4 nitrogen and oxygen atoms in total. The van der Waals surface area contributed by atoms with Crippen LogP contribution in [-0.2, 0) is 6.54 Å². The molecule has 4 aromatic rings. The Morgan fingerprint density at radius 3 is 2.56 bits per heavy atom. The van der Waals surface area contributed by atoms with Crippen LogP contribution in [0.4, 0.5) is 0 Å². The number of hydrogen-bond acceptors (Lipinski definition) is 3. The molecule has 124 valence electrons. The molecule has 1 amide bonds. The summed E-state index contributed by atoms with van der Waals surface area (Å²) in [4.78, 5) is 30.2. The van der Waals surface area contributed by atoms with Crippen LogP contribution in [0.25, 0.3) is 21.0 Å². The number of fused-ring (bicyclic) bond motifs is 3. The lowest BCUT2D eigenvalue weighted by atomic mass is 10.2. The number of amides is 1. The molecule has 0 atom stereocenters. The summed E-state index contributed by atoms with van der Waals surface area (Å²) >= 11 is 1.38. The minimum atomic E-state index is -0.158. The predicted octanol–water partition coefficient (Wildman–Crippen LogP) is 4.02. The summed E-state index contributed by atoms with van der Waals surface area (Å²) in [6.07, 6.45) is 0. The standard InChI is InChI=1S/C20H16N2O2S/c1-22(12-13-7-3-2-4-8-13)20(24)17-11-15-18(25-17)14-9-5-6-10-16(14)21-19(15)23/h2-11H,12H2,1H3,(H,21,23). The summed E-state index contributed by atoms with van der Waals surface area (Å²) in [6, 6.07) is 19.2. The van der Waals surface area contributed by atoms with Gasteiger partial charge in [-0.1, -0.05) is 48.5 Å². The van der Waals surface area contributed by atoms with Gasteiger partial charge >= 0.3 is 0 Å². The summed E-state index contributed by atoms with van der Waals surface area (Å²) < 4.78 is 0.857. The van der Waals surface area contributed by atoms with E-state index in [1.54, 1.807) is 18.0 Å². The first-order chi connectivity index (χ1) is 12.1. The maximum absolute atomic E-state index is 12.8. The fraction of sp³-hybridized carbons (Fsp3) is 0.100. The van der Waals surface area contributed by atoms with E-state index in [2.05, 4.69) is 4.98 Å². The second kappa shape index (κ2) is 6.18. The number of thiophene rings is 1. The van der Waals surface area contributed by atoms with Crippen LogP contribution in [0.5, 0.6) is 0 Å². The molecule has 2 aromatic heterocycles. The van der Waals surface area contributed by atoms with E-state index in [1.807, 2.05) is 54.6 Å². The smallest absolute Gasteiger partial charge is 0.264 e. The van der Waals surface area contributed by atoms with Crippen molar-refractivity contribution in [1.82, 2.24) is 9.88 Å². The number of carbonyl (C=O) groups excluding carboxylic acids is 1. The zero-order valence-electron chi connectivity index (χ0n) is 13.7. The molecule has 0 aliphatic carbocycles. The van der Waals surface area contributed by atoms with Gasteiger partial charge in [-0.05, 0) is 17.7 Å². The van der Waals surface area contributed by atoms with E-state index in [0.717, 1.165) is 21.2 Å². The number of aromatic amines is 1. The molecule has 2 heterocycles. The Labute approximate surface area is 148 Å². The molecule has 0 saturated carbocycles. The molecule has 25 heavy (non-hydrogen) atoms. The van der Waals surface area contributed by atoms with Crippen molar-refractivity contribution in [3.8, 4) is 0 Å². The van der Waals surface area contributed by atoms with Gasteiger partial charge in [-0.15, -0.1) is 11.3 Å². The third-order valence-corrected chi connectivity index (χ3v) is 5.37. The van der Waals surface area contributed by atoms with Gasteiger partial charge in [-0.3, -0.25) is 9.59 Å². The fourth-order valence-electron chi connectivity index (χ4n) is 2.96. The molecule has 0 fully saturated rings. The summed E-state index contributed by atoms with van der Waals surface area (Å²) in [6.45, 7) is 0.533. The predicted molar refractivity (Wildman–Crippen MR) is 102 cm³/mol. The van der Waals surface area contributed by atoms with Crippen LogP contribution in [0.1, 0.15) is 15.2 Å². The van der Waals surface area contributed by atoms with E-state index in [0.29, 0.717) is 16.8 Å². The van der Waals surface area contributed by atoms with Gasteiger partial charge in [0.1, 0.15) is 0 Å². The zero-order valence-corrected chi connectivity index (χ0v) is 14.5. The third kappa shape index (κ3) is 2.83. The Morgan fingerprint density at radius 1 is 1.04 bits per heavy atom. The molecule has 5 heteroatoms. The van der Waals surface area contributed by atoms with E-state index in [4.69, 9.17) is 0 Å². The van der Waals surface area contributed by atoms with Gasteiger partial charge in [0.25, 0.3) is 11.5 Å². The maximum atomic E-state index is 12.8. The normalized spacial score (nSPS) is 11.1. The first kappa shape index (κ1) is 15.6. The van der Waals surface area contributed by atoms with Crippen molar-refractivity contribution in [1.29, 1.82) is 0 Å². The molecule has 0 spiro atoms. The lowest BCUT2D eigenvalue weighted by Gasteiger charge is -2.16. The Hall–Kier alpha value is -2.92. The maximum Gasteiger partial charge on any atom is 0.264 e. The van der Waals surface area contributed by atoms with Crippen LogP contribution >= 0.6 is 11.3 Å². The summed E-state index contributed by atoms with van der Waals surface area (Å²) in [5.74, 6) is -0.0754. The Morgan fingerprint density at radius 2 is 1.76 bits per heavy atom. The number of para-hydroxylation sites is 1. The molecular formula is C20H16N2O2S. The highest BCUT2D eigenvalue weighted by molar-refractivity contribution is 7.21. The van der Waals surface area contributed by atoms with Crippen molar-refractivity contribution in [2.24, 2.45) is 0 Å². The first-order valence-corrected chi connectivity index (χ1v) is 8.79. The Kier molecular flexibility index (Phi) is 3.86. The number of aromatic nitrogens is 1. The second-order valence-electron chi connectivity index (χ2n) is 6.00. The van der Waals surface area contributed by atoms with Crippen LogP contribution in [0.2, 0.25) is 0 Å². The molecule has 0 radical (unpaired) electrons. The molecule has 0 bridgehead atoms. The molecule has 2 aromatic carbocycles. The average molecular weight is 348 g/mol. The zero-order chi connectivity index (χ0) is 17.4. The van der Waals surface area contributed by atoms with Crippen LogP contribution in [0.3, 0.4) is 0 Å². The molecule has 0 saturated heterocycles. The number of nitrogens with zero attached hydrogens (tertiary/aromatic N) is 1. The highest BCUT2D eigenvalue weighted by Gasteiger charge is 2.17. The molecule has 0 aliphatic heterocycles. The quantitative estimate of drug-likeness (QED) is 0.608. The summed E-state index contributed by atoms with van der Waals surface area (Å²) in [5.41, 5.74) is 1.70. The number of hydrogen-bond donors (Lipinski definition) is 1. The topological polar surface area (TPSA) is 53.2 Å². The van der Waals surface area contributed by atoms with Crippen LogP contribution in [0.15, 0.2) is 65.5 Å². The Balaban J connectivity index is 1.74. The summed E-state index contributed by atoms with van der Waals surface area (Å²) in [7, 11) is 1.78. The van der Waals surface area contributed by atoms with Gasteiger partial charge in [-0.2, -0.15) is 0 Å². The van der Waals surface area contributed by atoms with Crippen molar-refractivity contribution in [3.63, 3.8) is 0 Å². The number of rotatable bonds is 3. The largest absolute Gasteiger partial charge is 0.337 e. The van der Waals surface area contributed by atoms with Gasteiger partial charge < -0.3 is 9.88 Å². The van der Waals surface area contributed by atoms with Gasteiger partial charge in [0.05, 0.1) is 10.3 Å². The summed E-state index contributed by atoms with van der Waals surface area (Å²) in [5, 5.41) is 1.53. The minimum absolute atomic E-state index is 0.0754. The SMILES string of the molecule is CN(Cc1ccccc1)C(=O)c1cc2c(=O)[nH]c3ccccc3c2s1. The third-order valence-electron chi connectivity index (χ3n) is 4.22. The number of benzene rings is 2. The molecule has 1 N–H and O–H groups in total. The lowest BCUT2D eigenvalue weighted by molar-refractivity contribution is 0.0790. The van der Waals surface area contributed by atoms with Crippen molar-refractivity contribution >= 4 is 38.2 Å². The van der Waals surface area contributed by atoms with Gasteiger partial charge in [-0.25, -0.2) is 0 Å². The van der Waals surface area contributed by atoms with Crippen LogP contribution in [0, 0.1) is 0 Å². The molecule has 4 rings (SSSR count). The average Bonchev–Trinajstić information content (AvgIpc) is 3.08. The van der Waals surface area contributed by atoms with E-state index >= 15 is 0 Å². The number of H-pyrrole nitrogens is 1. The van der Waals surface area contributed by atoms with Crippen molar-refractivity contribution in [2.75, 3.05) is 7.05 Å². The highest BCUT2D eigenvalue weighted by Crippen LogP contribution is 2.30. The van der Waals surface area contributed by atoms with Gasteiger partial charge in [0.15, 0.2) is 0 Å². The second-order valence-corrected chi connectivity index (χ2v) is 7.05. The number of pyridine rings is 1. The Bertz CT molecular complexity index is 1130. The van der Waals surface area contributed by atoms with E-state index in [1.165, 1.54) is 11.3 Å². The number of carbonyl (C=O) groups is 1. The van der Waals surface area contributed by atoms with Gasteiger partial charge in [0, 0.05) is 29.2 Å².